The number of aliphatic carboxylic acids is 1. The summed E-state index contributed by atoms with van der Waals surface area (Å²) in [4.78, 5) is 21.8. The first-order chi connectivity index (χ1) is 18.2. The van der Waals surface area contributed by atoms with Gasteiger partial charge in [0, 0.05) is 22.7 Å². The minimum atomic E-state index is -5.08. The van der Waals surface area contributed by atoms with Crippen LogP contribution in [0.25, 0.3) is 11.1 Å². The summed E-state index contributed by atoms with van der Waals surface area (Å²) < 4.78 is 58.7. The van der Waals surface area contributed by atoms with Crippen LogP contribution in [0.5, 0.6) is 0 Å². The second-order valence-electron chi connectivity index (χ2n) is 8.56. The lowest BCUT2D eigenvalue weighted by molar-refractivity contribution is -0.192. The Bertz CT molecular complexity index is 1490. The molecule has 0 heterocycles. The monoisotopic (exact) mass is 562 g/mol. The number of carboxylic acid groups (broad SMARTS) is 1. The SMILES string of the molecule is CNS(=O)(=O)c1ccccc1-c1ccc(NC(=O)[C@@H]2C[C@@H]2c2cccc(C(=N)N)c2)cc1.O=C(O)C(F)(F)F. The van der Waals surface area contributed by atoms with Gasteiger partial charge in [0.05, 0.1) is 4.90 Å². The highest BCUT2D eigenvalue weighted by Crippen LogP contribution is 2.48. The predicted molar refractivity (Wildman–Crippen MR) is 139 cm³/mol. The molecular formula is C26H25F3N4O5S. The minimum Gasteiger partial charge on any atom is -0.475 e. The summed E-state index contributed by atoms with van der Waals surface area (Å²) in [5.74, 6) is -2.81. The fourth-order valence-corrected chi connectivity index (χ4v) is 4.76. The predicted octanol–water partition coefficient (Wildman–Crippen LogP) is 3.92. The number of carbonyl (C=O) groups excluding carboxylic acids is 1. The van der Waals surface area contributed by atoms with Crippen molar-refractivity contribution in [1.82, 2.24) is 4.72 Å². The molecule has 1 fully saturated rings. The summed E-state index contributed by atoms with van der Waals surface area (Å²) in [5, 5.41) is 17.6. The number of alkyl halides is 3. The highest BCUT2D eigenvalue weighted by molar-refractivity contribution is 7.89. The van der Waals surface area contributed by atoms with Crippen molar-refractivity contribution in [2.75, 3.05) is 12.4 Å². The van der Waals surface area contributed by atoms with Crippen LogP contribution in [-0.4, -0.2) is 44.5 Å². The average molecular weight is 563 g/mol. The van der Waals surface area contributed by atoms with E-state index in [2.05, 4.69) is 10.0 Å². The zero-order valence-electron chi connectivity index (χ0n) is 20.5. The van der Waals surface area contributed by atoms with Gasteiger partial charge >= 0.3 is 12.1 Å². The number of hydrogen-bond donors (Lipinski definition) is 5. The second kappa shape index (κ2) is 11.7. The Morgan fingerprint density at radius 1 is 1.03 bits per heavy atom. The van der Waals surface area contributed by atoms with E-state index in [9.17, 15) is 26.4 Å². The molecule has 0 saturated heterocycles. The van der Waals surface area contributed by atoms with Gasteiger partial charge in [-0.25, -0.2) is 17.9 Å². The molecule has 3 aromatic rings. The molecule has 39 heavy (non-hydrogen) atoms. The number of rotatable bonds is 7. The van der Waals surface area contributed by atoms with Crippen molar-refractivity contribution in [2.45, 2.75) is 23.4 Å². The van der Waals surface area contributed by atoms with E-state index in [4.69, 9.17) is 21.0 Å². The molecule has 1 aliphatic carbocycles. The smallest absolute Gasteiger partial charge is 0.475 e. The van der Waals surface area contributed by atoms with Gasteiger partial charge in [-0.2, -0.15) is 13.2 Å². The number of carbonyl (C=O) groups is 2. The van der Waals surface area contributed by atoms with E-state index in [0.29, 0.717) is 16.8 Å². The van der Waals surface area contributed by atoms with Crippen LogP contribution in [0.3, 0.4) is 0 Å². The van der Waals surface area contributed by atoms with Crippen LogP contribution in [0.15, 0.2) is 77.7 Å². The van der Waals surface area contributed by atoms with Gasteiger partial charge in [-0.05, 0) is 54.8 Å². The number of amides is 1. The van der Waals surface area contributed by atoms with Gasteiger partial charge in [0.25, 0.3) is 0 Å². The van der Waals surface area contributed by atoms with E-state index < -0.39 is 22.2 Å². The largest absolute Gasteiger partial charge is 0.490 e. The van der Waals surface area contributed by atoms with Gasteiger partial charge in [0.2, 0.25) is 15.9 Å². The van der Waals surface area contributed by atoms with Crippen LogP contribution in [0, 0.1) is 11.3 Å². The number of sulfonamides is 1. The molecule has 3 aromatic carbocycles. The molecule has 6 N–H and O–H groups in total. The first-order valence-corrected chi connectivity index (χ1v) is 12.9. The molecule has 4 rings (SSSR count). The molecule has 0 aromatic heterocycles. The number of amidine groups is 1. The minimum absolute atomic E-state index is 0.0117. The van der Waals surface area contributed by atoms with Gasteiger partial charge in [-0.1, -0.05) is 48.5 Å². The van der Waals surface area contributed by atoms with Crippen molar-refractivity contribution < 1.29 is 36.3 Å². The molecule has 2 atom stereocenters. The van der Waals surface area contributed by atoms with Gasteiger partial charge in [0.1, 0.15) is 5.84 Å². The molecule has 1 aliphatic rings. The first-order valence-electron chi connectivity index (χ1n) is 11.4. The number of halogens is 3. The molecule has 0 spiro atoms. The number of hydrogen-bond acceptors (Lipinski definition) is 5. The molecule has 206 valence electrons. The summed E-state index contributed by atoms with van der Waals surface area (Å²) >= 11 is 0. The van der Waals surface area contributed by atoms with Gasteiger partial charge in [-0.15, -0.1) is 0 Å². The second-order valence-corrected chi connectivity index (χ2v) is 10.4. The first kappa shape index (κ1) is 29.3. The van der Waals surface area contributed by atoms with Crippen LogP contribution >= 0.6 is 0 Å². The topological polar surface area (TPSA) is 162 Å². The maximum absolute atomic E-state index is 12.7. The van der Waals surface area contributed by atoms with E-state index in [1.54, 1.807) is 54.6 Å². The fraction of sp³-hybridized carbons (Fsp3) is 0.192. The number of nitrogens with one attached hydrogen (secondary N) is 3. The van der Waals surface area contributed by atoms with Gasteiger partial charge in [-0.3, -0.25) is 10.2 Å². The Hall–Kier alpha value is -4.23. The summed E-state index contributed by atoms with van der Waals surface area (Å²) in [6.45, 7) is 0. The quantitative estimate of drug-likeness (QED) is 0.217. The summed E-state index contributed by atoms with van der Waals surface area (Å²) in [7, 11) is -2.21. The number of benzene rings is 3. The zero-order chi connectivity index (χ0) is 29.0. The van der Waals surface area contributed by atoms with E-state index >= 15 is 0 Å². The van der Waals surface area contributed by atoms with Crippen LogP contribution in [0.4, 0.5) is 18.9 Å². The van der Waals surface area contributed by atoms with E-state index in [0.717, 1.165) is 17.5 Å². The van der Waals surface area contributed by atoms with Crippen LogP contribution < -0.4 is 15.8 Å². The lowest BCUT2D eigenvalue weighted by atomic mass is 10.0. The summed E-state index contributed by atoms with van der Waals surface area (Å²) in [5.41, 5.74) is 9.21. The van der Waals surface area contributed by atoms with Gasteiger partial charge in [0.15, 0.2) is 0 Å². The standard InChI is InChI=1S/C24H24N4O3S.C2HF3O2/c1-27-32(30,31)22-8-3-2-7-19(22)15-9-11-18(12-10-15)28-24(29)21-14-20(21)16-5-4-6-17(13-16)23(25)26;3-2(4,5)1(6)7/h2-13,20-21,27H,14H2,1H3,(H3,25,26)(H,28,29);(H,6,7)/t20-,21-;/m1./s1. The maximum Gasteiger partial charge on any atom is 0.490 e. The van der Waals surface area contributed by atoms with Crippen molar-refractivity contribution in [2.24, 2.45) is 11.7 Å². The molecule has 1 saturated carbocycles. The van der Waals surface area contributed by atoms with Crippen molar-refractivity contribution in [3.8, 4) is 11.1 Å². The number of nitrogen functional groups attached to an aromatic ring is 1. The third-order valence-corrected chi connectivity index (χ3v) is 7.38. The summed E-state index contributed by atoms with van der Waals surface area (Å²) in [6, 6.07) is 21.4. The molecule has 9 nitrogen and oxygen atoms in total. The molecule has 0 aliphatic heterocycles. The molecule has 0 unspecified atom stereocenters. The number of nitrogens with two attached hydrogens (primary N) is 1. The normalized spacial score (nSPS) is 16.4. The molecule has 1 amide bonds. The van der Waals surface area contributed by atoms with Crippen molar-refractivity contribution in [3.05, 3.63) is 83.9 Å². The van der Waals surface area contributed by atoms with E-state index in [1.165, 1.54) is 7.05 Å². The fourth-order valence-electron chi connectivity index (χ4n) is 3.81. The average Bonchev–Trinajstić information content (AvgIpc) is 3.70. The molecular weight excluding hydrogens is 537 g/mol. The Morgan fingerprint density at radius 2 is 1.64 bits per heavy atom. The number of carboxylic acids is 1. The molecule has 0 radical (unpaired) electrons. The lowest BCUT2D eigenvalue weighted by Gasteiger charge is -2.11. The highest BCUT2D eigenvalue weighted by Gasteiger charge is 2.44. The van der Waals surface area contributed by atoms with Crippen molar-refractivity contribution >= 4 is 33.4 Å². The lowest BCUT2D eigenvalue weighted by Crippen LogP contribution is -2.21. The van der Waals surface area contributed by atoms with Crippen LogP contribution in [-0.2, 0) is 19.6 Å². The third kappa shape index (κ3) is 7.42. The van der Waals surface area contributed by atoms with Crippen molar-refractivity contribution in [1.29, 1.82) is 5.41 Å². The number of anilines is 1. The van der Waals surface area contributed by atoms with Crippen LogP contribution in [0.2, 0.25) is 0 Å². The van der Waals surface area contributed by atoms with Crippen LogP contribution in [0.1, 0.15) is 23.5 Å². The highest BCUT2D eigenvalue weighted by atomic mass is 32.2. The zero-order valence-corrected chi connectivity index (χ0v) is 21.3. The van der Waals surface area contributed by atoms with Crippen molar-refractivity contribution in [3.63, 3.8) is 0 Å². The Balaban J connectivity index is 0.000000532. The maximum atomic E-state index is 12.7. The molecule has 0 bridgehead atoms. The van der Waals surface area contributed by atoms with E-state index in [-0.39, 0.29) is 28.5 Å². The van der Waals surface area contributed by atoms with E-state index in [1.807, 2.05) is 18.2 Å². The molecule has 13 heteroatoms. The third-order valence-electron chi connectivity index (χ3n) is 5.90. The summed E-state index contributed by atoms with van der Waals surface area (Å²) in [6.07, 6.45) is -4.33. The Kier molecular flexibility index (Phi) is 8.77. The Labute approximate surface area is 222 Å². The van der Waals surface area contributed by atoms with Gasteiger partial charge < -0.3 is 16.2 Å². The Morgan fingerprint density at radius 3 is 2.21 bits per heavy atom.